The minimum absolute atomic E-state index is 0.00895. The lowest BCUT2D eigenvalue weighted by atomic mass is 10.2. The molecule has 0 amide bonds. The van der Waals surface area contributed by atoms with Gasteiger partial charge in [0.05, 0.1) is 18.9 Å². The summed E-state index contributed by atoms with van der Waals surface area (Å²) in [7, 11) is -2.76. The average Bonchev–Trinajstić information content (AvgIpc) is 3.14. The molecule has 27 heavy (non-hydrogen) atoms. The Morgan fingerprint density at radius 1 is 1.19 bits per heavy atom. The van der Waals surface area contributed by atoms with Gasteiger partial charge in [0.15, 0.2) is 12.4 Å². The van der Waals surface area contributed by atoms with Gasteiger partial charge < -0.3 is 13.9 Å². The number of sulfonamides is 1. The molecule has 1 heterocycles. The molecule has 8 nitrogen and oxygen atoms in total. The fourth-order valence-corrected chi connectivity index (χ4v) is 3.07. The van der Waals surface area contributed by atoms with Crippen LogP contribution in [-0.2, 0) is 21.4 Å². The summed E-state index contributed by atoms with van der Waals surface area (Å²) >= 11 is 0. The zero-order valence-electron chi connectivity index (χ0n) is 14.3. The van der Waals surface area contributed by atoms with Crippen molar-refractivity contribution in [2.45, 2.75) is 11.5 Å². The van der Waals surface area contributed by atoms with E-state index in [0.29, 0.717) is 5.76 Å². The van der Waals surface area contributed by atoms with Crippen molar-refractivity contribution in [1.29, 1.82) is 0 Å². The predicted octanol–water partition coefficient (Wildman–Crippen LogP) is 2.35. The zero-order chi connectivity index (χ0) is 19.4. The van der Waals surface area contributed by atoms with Crippen molar-refractivity contribution in [3.63, 3.8) is 0 Å². The van der Waals surface area contributed by atoms with Gasteiger partial charge in [0.25, 0.3) is 0 Å². The summed E-state index contributed by atoms with van der Waals surface area (Å²) in [5.41, 5.74) is 0.852. The fraction of sp³-hybridized carbons (Fsp3) is 0.111. The minimum atomic E-state index is -4.06. The summed E-state index contributed by atoms with van der Waals surface area (Å²) in [5, 5.41) is 5.14. The molecule has 0 bridgehead atoms. The maximum Gasteiger partial charge on any atom is 0.338 e. The molecular weight excluding hydrogens is 372 g/mol. The van der Waals surface area contributed by atoms with Crippen LogP contribution in [0.15, 0.2) is 64.0 Å². The molecule has 0 radical (unpaired) electrons. The lowest BCUT2D eigenvalue weighted by Crippen LogP contribution is -2.15. The van der Waals surface area contributed by atoms with E-state index in [4.69, 9.17) is 19.0 Å². The summed E-state index contributed by atoms with van der Waals surface area (Å²) < 4.78 is 38.9. The van der Waals surface area contributed by atoms with Crippen LogP contribution in [0, 0.1) is 0 Å². The van der Waals surface area contributed by atoms with E-state index in [1.54, 1.807) is 0 Å². The quantitative estimate of drug-likeness (QED) is 0.643. The molecule has 0 saturated carbocycles. The number of nitrogens with zero attached hydrogens (tertiary/aromatic N) is 1. The second-order valence-electron chi connectivity index (χ2n) is 5.47. The van der Waals surface area contributed by atoms with Gasteiger partial charge >= 0.3 is 5.97 Å². The molecule has 0 aliphatic rings. The number of nitrogens with two attached hydrogens (primary N) is 1. The highest BCUT2D eigenvalue weighted by molar-refractivity contribution is 7.89. The van der Waals surface area contributed by atoms with E-state index in [2.05, 4.69) is 4.98 Å². The maximum atomic E-state index is 12.2. The first-order valence-electron chi connectivity index (χ1n) is 7.76. The first kappa shape index (κ1) is 18.6. The molecule has 0 aliphatic heterocycles. The van der Waals surface area contributed by atoms with Gasteiger partial charge in [-0.05, 0) is 18.2 Å². The molecule has 0 saturated heterocycles. The molecule has 9 heteroatoms. The highest BCUT2D eigenvalue weighted by atomic mass is 32.2. The summed E-state index contributed by atoms with van der Waals surface area (Å²) in [6.45, 7) is -0.206. The smallest absolute Gasteiger partial charge is 0.338 e. The predicted molar refractivity (Wildman–Crippen MR) is 95.4 cm³/mol. The van der Waals surface area contributed by atoms with Crippen molar-refractivity contribution < 1.29 is 27.1 Å². The molecule has 0 aliphatic carbocycles. The number of rotatable bonds is 6. The minimum Gasteiger partial charge on any atom is -0.495 e. The standard InChI is InChI=1S/C18H16N2O6S/c1-24-14-8-7-13(9-16(14)27(19,22)23)18(21)25-11-17-20-10-15(26-17)12-5-3-2-4-6-12/h2-10H,11H2,1H3,(H2,19,22,23). The summed E-state index contributed by atoms with van der Waals surface area (Å²) in [6, 6.07) is 13.1. The topological polar surface area (TPSA) is 122 Å². The van der Waals surface area contributed by atoms with Gasteiger partial charge in [-0.2, -0.15) is 0 Å². The van der Waals surface area contributed by atoms with E-state index in [1.165, 1.54) is 25.4 Å². The van der Waals surface area contributed by atoms with E-state index in [-0.39, 0.29) is 28.7 Å². The third-order valence-electron chi connectivity index (χ3n) is 3.64. The molecule has 2 N–H and O–H groups in total. The van der Waals surface area contributed by atoms with Crippen LogP contribution in [0.25, 0.3) is 11.3 Å². The lowest BCUT2D eigenvalue weighted by molar-refractivity contribution is 0.0438. The molecule has 1 aromatic heterocycles. The van der Waals surface area contributed by atoms with E-state index in [1.807, 2.05) is 30.3 Å². The van der Waals surface area contributed by atoms with Crippen molar-refractivity contribution in [3.05, 3.63) is 66.2 Å². The molecule has 2 aromatic carbocycles. The van der Waals surface area contributed by atoms with Crippen LogP contribution in [0.1, 0.15) is 16.2 Å². The third-order valence-corrected chi connectivity index (χ3v) is 4.58. The van der Waals surface area contributed by atoms with Crippen LogP contribution in [-0.4, -0.2) is 26.5 Å². The van der Waals surface area contributed by atoms with E-state index in [9.17, 15) is 13.2 Å². The van der Waals surface area contributed by atoms with Crippen LogP contribution in [0.2, 0.25) is 0 Å². The Morgan fingerprint density at radius 3 is 2.59 bits per heavy atom. The largest absolute Gasteiger partial charge is 0.495 e. The number of oxazole rings is 1. The Bertz CT molecular complexity index is 1060. The second kappa shape index (κ2) is 7.60. The molecular formula is C18H16N2O6S. The number of methoxy groups -OCH3 is 1. The van der Waals surface area contributed by atoms with Crippen molar-refractivity contribution in [1.82, 2.24) is 4.98 Å². The number of aromatic nitrogens is 1. The van der Waals surface area contributed by atoms with Gasteiger partial charge in [0.1, 0.15) is 10.6 Å². The highest BCUT2D eigenvalue weighted by Gasteiger charge is 2.19. The molecule has 0 fully saturated rings. The van der Waals surface area contributed by atoms with Gasteiger partial charge in [-0.15, -0.1) is 0 Å². The molecule has 0 spiro atoms. The Morgan fingerprint density at radius 2 is 1.93 bits per heavy atom. The van der Waals surface area contributed by atoms with Crippen LogP contribution < -0.4 is 9.88 Å². The normalized spacial score (nSPS) is 11.2. The van der Waals surface area contributed by atoms with Crippen molar-refractivity contribution >= 4 is 16.0 Å². The number of benzene rings is 2. The van der Waals surface area contributed by atoms with Crippen LogP contribution >= 0.6 is 0 Å². The number of hydrogen-bond donors (Lipinski definition) is 1. The molecule has 0 unspecified atom stereocenters. The van der Waals surface area contributed by atoms with Crippen molar-refractivity contribution in [2.24, 2.45) is 5.14 Å². The summed E-state index contributed by atoms with van der Waals surface area (Å²) in [5.74, 6) is 0.0428. The maximum absolute atomic E-state index is 12.2. The Labute approximate surface area is 155 Å². The number of hydrogen-bond acceptors (Lipinski definition) is 7. The summed E-state index contributed by atoms with van der Waals surface area (Å²) in [6.07, 6.45) is 1.53. The Balaban J connectivity index is 1.72. The number of ether oxygens (including phenoxy) is 2. The number of carbonyl (C=O) groups is 1. The number of primary sulfonamides is 1. The lowest BCUT2D eigenvalue weighted by Gasteiger charge is -2.08. The van der Waals surface area contributed by atoms with Gasteiger partial charge in [0, 0.05) is 5.56 Å². The van der Waals surface area contributed by atoms with Gasteiger partial charge in [-0.3, -0.25) is 0 Å². The van der Waals surface area contributed by atoms with Crippen LogP contribution in [0.3, 0.4) is 0 Å². The average molecular weight is 388 g/mol. The highest BCUT2D eigenvalue weighted by Crippen LogP contribution is 2.24. The van der Waals surface area contributed by atoms with E-state index >= 15 is 0 Å². The Hall–Kier alpha value is -3.17. The monoisotopic (exact) mass is 388 g/mol. The van der Waals surface area contributed by atoms with Gasteiger partial charge in [-0.1, -0.05) is 30.3 Å². The molecule has 140 valence electrons. The first-order chi connectivity index (χ1) is 12.9. The molecule has 3 aromatic rings. The number of carbonyl (C=O) groups excluding carboxylic acids is 1. The first-order valence-corrected chi connectivity index (χ1v) is 9.31. The van der Waals surface area contributed by atoms with Gasteiger partial charge in [-0.25, -0.2) is 23.3 Å². The fourth-order valence-electron chi connectivity index (χ4n) is 2.35. The van der Waals surface area contributed by atoms with E-state index in [0.717, 1.165) is 11.6 Å². The van der Waals surface area contributed by atoms with Crippen LogP contribution in [0.4, 0.5) is 0 Å². The Kier molecular flexibility index (Phi) is 5.24. The SMILES string of the molecule is COc1ccc(C(=O)OCc2ncc(-c3ccccc3)o2)cc1S(N)(=O)=O. The molecule has 3 rings (SSSR count). The third kappa shape index (κ3) is 4.33. The number of esters is 1. The van der Waals surface area contributed by atoms with Crippen LogP contribution in [0.5, 0.6) is 5.75 Å². The zero-order valence-corrected chi connectivity index (χ0v) is 15.1. The van der Waals surface area contributed by atoms with Crippen molar-refractivity contribution in [2.75, 3.05) is 7.11 Å². The second-order valence-corrected chi connectivity index (χ2v) is 7.00. The van der Waals surface area contributed by atoms with Gasteiger partial charge in [0.2, 0.25) is 15.9 Å². The van der Waals surface area contributed by atoms with E-state index < -0.39 is 16.0 Å². The molecule has 0 atom stereocenters. The van der Waals surface area contributed by atoms with Crippen molar-refractivity contribution in [3.8, 4) is 17.1 Å². The summed E-state index contributed by atoms with van der Waals surface area (Å²) in [4.78, 5) is 16.0.